The van der Waals surface area contributed by atoms with Gasteiger partial charge in [-0.2, -0.15) is 0 Å². The predicted molar refractivity (Wildman–Crippen MR) is 95.1 cm³/mol. The molecule has 1 saturated heterocycles. The summed E-state index contributed by atoms with van der Waals surface area (Å²) in [6.45, 7) is 11.8. The van der Waals surface area contributed by atoms with E-state index in [0.717, 1.165) is 44.2 Å². The number of nitrogens with two attached hydrogens (primary N) is 1. The predicted octanol–water partition coefficient (Wildman–Crippen LogP) is 1.76. The van der Waals surface area contributed by atoms with Crippen LogP contribution in [0.4, 0.5) is 0 Å². The minimum Gasteiger partial charge on any atom is -0.361 e. The molecular formula is C15H28Cl2N4O2. The molecule has 1 aromatic rings. The summed E-state index contributed by atoms with van der Waals surface area (Å²) in [6.07, 6.45) is 0. The quantitative estimate of drug-likeness (QED) is 0.878. The average molecular weight is 367 g/mol. The zero-order valence-electron chi connectivity index (χ0n) is 14.2. The number of carbonyl (C=O) groups is 1. The van der Waals surface area contributed by atoms with Crippen molar-refractivity contribution in [2.75, 3.05) is 26.2 Å². The summed E-state index contributed by atoms with van der Waals surface area (Å²) in [6, 6.07) is -0.0992. The van der Waals surface area contributed by atoms with Crippen molar-refractivity contribution in [3.05, 3.63) is 17.0 Å². The van der Waals surface area contributed by atoms with Gasteiger partial charge in [-0.15, -0.1) is 24.8 Å². The van der Waals surface area contributed by atoms with Crippen LogP contribution >= 0.6 is 24.8 Å². The molecule has 0 bridgehead atoms. The second-order valence-electron chi connectivity index (χ2n) is 6.05. The number of rotatable bonds is 4. The van der Waals surface area contributed by atoms with Gasteiger partial charge in [-0.3, -0.25) is 9.69 Å². The van der Waals surface area contributed by atoms with Crippen LogP contribution < -0.4 is 5.73 Å². The van der Waals surface area contributed by atoms with Crippen molar-refractivity contribution in [1.82, 2.24) is 15.0 Å². The van der Waals surface area contributed by atoms with Gasteiger partial charge >= 0.3 is 0 Å². The van der Waals surface area contributed by atoms with Gasteiger partial charge in [0.25, 0.3) is 0 Å². The first-order valence-electron chi connectivity index (χ1n) is 7.58. The van der Waals surface area contributed by atoms with Crippen molar-refractivity contribution in [1.29, 1.82) is 0 Å². The summed E-state index contributed by atoms with van der Waals surface area (Å²) in [7, 11) is 0. The van der Waals surface area contributed by atoms with Crippen LogP contribution in [0.1, 0.15) is 30.9 Å². The molecule has 23 heavy (non-hydrogen) atoms. The molecule has 1 aliphatic rings. The SMILES string of the molecule is Cc1noc(C)c1CN1CCN(C(=O)C(C)C(C)N)CC1.Cl.Cl. The van der Waals surface area contributed by atoms with Crippen molar-refractivity contribution in [2.24, 2.45) is 11.7 Å². The molecule has 2 rings (SSSR count). The topological polar surface area (TPSA) is 75.6 Å². The summed E-state index contributed by atoms with van der Waals surface area (Å²) in [5.41, 5.74) is 7.94. The molecule has 0 spiro atoms. The van der Waals surface area contributed by atoms with Crippen LogP contribution in [0, 0.1) is 19.8 Å². The molecule has 1 fully saturated rings. The van der Waals surface area contributed by atoms with Crippen molar-refractivity contribution in [3.63, 3.8) is 0 Å². The van der Waals surface area contributed by atoms with Crippen LogP contribution in [0.15, 0.2) is 4.52 Å². The first-order chi connectivity index (χ1) is 9.90. The third kappa shape index (κ3) is 5.35. The maximum absolute atomic E-state index is 12.3. The maximum Gasteiger partial charge on any atom is 0.227 e. The summed E-state index contributed by atoms with van der Waals surface area (Å²) >= 11 is 0. The molecule has 0 radical (unpaired) electrons. The van der Waals surface area contributed by atoms with E-state index in [0.29, 0.717) is 0 Å². The van der Waals surface area contributed by atoms with E-state index in [1.165, 1.54) is 5.56 Å². The van der Waals surface area contributed by atoms with Gasteiger partial charge < -0.3 is 15.2 Å². The Labute approximate surface area is 150 Å². The third-order valence-corrected chi connectivity index (χ3v) is 4.43. The first-order valence-corrected chi connectivity index (χ1v) is 7.58. The van der Waals surface area contributed by atoms with E-state index in [1.54, 1.807) is 0 Å². The molecule has 134 valence electrons. The van der Waals surface area contributed by atoms with E-state index in [2.05, 4.69) is 10.1 Å². The molecular weight excluding hydrogens is 339 g/mol. The number of halogens is 2. The van der Waals surface area contributed by atoms with Crippen LogP contribution in [0.3, 0.4) is 0 Å². The second kappa shape index (κ2) is 9.47. The molecule has 8 heteroatoms. The monoisotopic (exact) mass is 366 g/mol. The number of aryl methyl sites for hydroxylation is 2. The largest absolute Gasteiger partial charge is 0.361 e. The summed E-state index contributed by atoms with van der Waals surface area (Å²) in [4.78, 5) is 16.5. The van der Waals surface area contributed by atoms with Crippen LogP contribution in [0.25, 0.3) is 0 Å². The maximum atomic E-state index is 12.3. The fourth-order valence-corrected chi connectivity index (χ4v) is 2.59. The number of piperazine rings is 1. The molecule has 6 nitrogen and oxygen atoms in total. The van der Waals surface area contributed by atoms with Crippen molar-refractivity contribution < 1.29 is 9.32 Å². The molecule has 0 aliphatic carbocycles. The van der Waals surface area contributed by atoms with Crippen molar-refractivity contribution in [3.8, 4) is 0 Å². The van der Waals surface area contributed by atoms with Crippen LogP contribution in [-0.2, 0) is 11.3 Å². The highest BCUT2D eigenvalue weighted by Gasteiger charge is 2.27. The Hall–Kier alpha value is -0.820. The van der Waals surface area contributed by atoms with E-state index in [1.807, 2.05) is 32.6 Å². The normalized spacial score (nSPS) is 17.9. The van der Waals surface area contributed by atoms with E-state index in [9.17, 15) is 4.79 Å². The average Bonchev–Trinajstić information content (AvgIpc) is 2.78. The molecule has 2 atom stereocenters. The highest BCUT2D eigenvalue weighted by Crippen LogP contribution is 2.17. The van der Waals surface area contributed by atoms with Crippen LogP contribution in [0.5, 0.6) is 0 Å². The Morgan fingerprint density at radius 2 is 1.78 bits per heavy atom. The van der Waals surface area contributed by atoms with Crippen molar-refractivity contribution in [2.45, 2.75) is 40.3 Å². The summed E-state index contributed by atoms with van der Waals surface area (Å²) < 4.78 is 5.20. The van der Waals surface area contributed by atoms with E-state index in [4.69, 9.17) is 10.3 Å². The second-order valence-corrected chi connectivity index (χ2v) is 6.05. The number of aromatic nitrogens is 1. The minimum atomic E-state index is -0.112. The Kier molecular flexibility index (Phi) is 9.13. The molecule has 1 aliphatic heterocycles. The molecule has 2 unspecified atom stereocenters. The first kappa shape index (κ1) is 22.2. The smallest absolute Gasteiger partial charge is 0.227 e. The lowest BCUT2D eigenvalue weighted by Gasteiger charge is -2.36. The fourth-order valence-electron chi connectivity index (χ4n) is 2.59. The molecule has 1 amide bonds. The van der Waals surface area contributed by atoms with Gasteiger partial charge in [-0.1, -0.05) is 12.1 Å². The Bertz CT molecular complexity index is 480. The lowest BCUT2D eigenvalue weighted by Crippen LogP contribution is -2.51. The third-order valence-electron chi connectivity index (χ3n) is 4.43. The minimum absolute atomic E-state index is 0. The van der Waals surface area contributed by atoms with Gasteiger partial charge in [0.2, 0.25) is 5.91 Å². The van der Waals surface area contributed by atoms with Gasteiger partial charge in [-0.25, -0.2) is 0 Å². The molecule has 2 N–H and O–H groups in total. The number of hydrogen-bond acceptors (Lipinski definition) is 5. The van der Waals surface area contributed by atoms with E-state index in [-0.39, 0.29) is 42.7 Å². The number of amides is 1. The molecule has 1 aromatic heterocycles. The standard InChI is InChI=1S/C15H26N4O2.2ClH/c1-10(11(2)16)15(20)19-7-5-18(6-8-19)9-14-12(3)17-21-13(14)4;;/h10-11H,5-9,16H2,1-4H3;2*1H. The van der Waals surface area contributed by atoms with Gasteiger partial charge in [-0.05, 0) is 20.8 Å². The van der Waals surface area contributed by atoms with Crippen LogP contribution in [0.2, 0.25) is 0 Å². The van der Waals surface area contributed by atoms with Gasteiger partial charge in [0, 0.05) is 44.3 Å². The summed E-state index contributed by atoms with van der Waals surface area (Å²) in [5, 5.41) is 3.99. The zero-order chi connectivity index (χ0) is 15.6. The Morgan fingerprint density at radius 1 is 1.22 bits per heavy atom. The van der Waals surface area contributed by atoms with E-state index >= 15 is 0 Å². The lowest BCUT2D eigenvalue weighted by atomic mass is 10.0. The van der Waals surface area contributed by atoms with Gasteiger partial charge in [0.1, 0.15) is 5.76 Å². The Morgan fingerprint density at radius 3 is 2.22 bits per heavy atom. The fraction of sp³-hybridized carbons (Fsp3) is 0.733. The number of nitrogens with zero attached hydrogens (tertiary/aromatic N) is 3. The van der Waals surface area contributed by atoms with E-state index < -0.39 is 0 Å². The Balaban J connectivity index is 0.00000242. The van der Waals surface area contributed by atoms with Gasteiger partial charge in [0.05, 0.1) is 11.6 Å². The van der Waals surface area contributed by atoms with Crippen molar-refractivity contribution >= 4 is 30.7 Å². The van der Waals surface area contributed by atoms with Crippen LogP contribution in [-0.4, -0.2) is 53.1 Å². The highest BCUT2D eigenvalue weighted by atomic mass is 35.5. The number of carbonyl (C=O) groups excluding carboxylic acids is 1. The number of hydrogen-bond donors (Lipinski definition) is 1. The molecule has 0 aromatic carbocycles. The molecule has 0 saturated carbocycles. The lowest BCUT2D eigenvalue weighted by molar-refractivity contribution is -0.137. The highest BCUT2D eigenvalue weighted by molar-refractivity contribution is 5.85. The summed E-state index contributed by atoms with van der Waals surface area (Å²) in [5.74, 6) is 0.942. The zero-order valence-corrected chi connectivity index (χ0v) is 15.9. The van der Waals surface area contributed by atoms with Gasteiger partial charge in [0.15, 0.2) is 0 Å². The molecule has 2 heterocycles.